The first-order valence-electron chi connectivity index (χ1n) is 5.31. The van der Waals surface area contributed by atoms with Crippen molar-refractivity contribution < 1.29 is 14.7 Å². The molecule has 0 radical (unpaired) electrons. The molecule has 92 valence electrons. The van der Waals surface area contributed by atoms with Gasteiger partial charge in [0.25, 0.3) is 0 Å². The van der Waals surface area contributed by atoms with Gasteiger partial charge in [0.05, 0.1) is 12.1 Å². The Kier molecular flexibility index (Phi) is 4.66. The van der Waals surface area contributed by atoms with E-state index in [1.165, 1.54) is 4.90 Å². The lowest BCUT2D eigenvalue weighted by atomic mass is 10.0. The van der Waals surface area contributed by atoms with Gasteiger partial charge in [0.2, 0.25) is 5.91 Å². The summed E-state index contributed by atoms with van der Waals surface area (Å²) in [4.78, 5) is 23.7. The molecule has 1 aromatic carbocycles. The van der Waals surface area contributed by atoms with Gasteiger partial charge >= 0.3 is 5.97 Å². The molecule has 0 aliphatic carbocycles. The van der Waals surface area contributed by atoms with E-state index in [0.717, 1.165) is 5.56 Å². The van der Waals surface area contributed by atoms with Crippen LogP contribution in [0.15, 0.2) is 24.3 Å². The van der Waals surface area contributed by atoms with Crippen molar-refractivity contribution in [2.75, 3.05) is 20.1 Å². The molecule has 0 saturated carbocycles. The molecule has 1 amide bonds. The Hall–Kier alpha value is -1.88. The van der Waals surface area contributed by atoms with Gasteiger partial charge < -0.3 is 15.7 Å². The SMILES string of the molecule is CN(CCc1ccccc1C(=O)O)C(=O)CN. The summed E-state index contributed by atoms with van der Waals surface area (Å²) in [6, 6.07) is 6.78. The second-order valence-electron chi connectivity index (χ2n) is 3.73. The van der Waals surface area contributed by atoms with Gasteiger partial charge in [-0.25, -0.2) is 4.79 Å². The normalized spacial score (nSPS) is 10.0. The molecule has 0 aliphatic heterocycles. The molecular weight excluding hydrogens is 220 g/mol. The lowest BCUT2D eigenvalue weighted by molar-refractivity contribution is -0.128. The summed E-state index contributed by atoms with van der Waals surface area (Å²) in [7, 11) is 1.65. The van der Waals surface area contributed by atoms with Crippen molar-refractivity contribution in [2.24, 2.45) is 5.73 Å². The number of rotatable bonds is 5. The van der Waals surface area contributed by atoms with Gasteiger partial charge in [0.15, 0.2) is 0 Å². The van der Waals surface area contributed by atoms with Gasteiger partial charge in [-0.1, -0.05) is 18.2 Å². The first-order chi connectivity index (χ1) is 8.06. The quantitative estimate of drug-likeness (QED) is 0.772. The van der Waals surface area contributed by atoms with Gasteiger partial charge in [-0.15, -0.1) is 0 Å². The van der Waals surface area contributed by atoms with Crippen molar-refractivity contribution in [2.45, 2.75) is 6.42 Å². The highest BCUT2D eigenvalue weighted by molar-refractivity contribution is 5.89. The minimum Gasteiger partial charge on any atom is -0.478 e. The highest BCUT2D eigenvalue weighted by Crippen LogP contribution is 2.09. The highest BCUT2D eigenvalue weighted by atomic mass is 16.4. The maximum atomic E-state index is 11.2. The van der Waals surface area contributed by atoms with E-state index in [1.54, 1.807) is 31.3 Å². The summed E-state index contributed by atoms with van der Waals surface area (Å²) < 4.78 is 0. The lowest BCUT2D eigenvalue weighted by Gasteiger charge is -2.16. The maximum Gasteiger partial charge on any atom is 0.335 e. The molecule has 0 aromatic heterocycles. The number of hydrogen-bond acceptors (Lipinski definition) is 3. The number of benzene rings is 1. The van der Waals surface area contributed by atoms with Crippen LogP contribution in [0.2, 0.25) is 0 Å². The van der Waals surface area contributed by atoms with Crippen molar-refractivity contribution in [1.29, 1.82) is 0 Å². The van der Waals surface area contributed by atoms with E-state index in [-0.39, 0.29) is 18.0 Å². The fourth-order valence-corrected chi connectivity index (χ4v) is 1.52. The zero-order valence-electron chi connectivity index (χ0n) is 9.72. The van der Waals surface area contributed by atoms with Crippen LogP contribution in [-0.4, -0.2) is 42.0 Å². The molecule has 5 nitrogen and oxygen atoms in total. The van der Waals surface area contributed by atoms with E-state index in [9.17, 15) is 9.59 Å². The molecule has 5 heteroatoms. The van der Waals surface area contributed by atoms with Crippen molar-refractivity contribution in [3.63, 3.8) is 0 Å². The predicted molar refractivity (Wildman–Crippen MR) is 63.8 cm³/mol. The fourth-order valence-electron chi connectivity index (χ4n) is 1.52. The molecule has 0 spiro atoms. The average molecular weight is 236 g/mol. The molecule has 1 rings (SSSR count). The average Bonchev–Trinajstić information content (AvgIpc) is 2.35. The Bertz CT molecular complexity index is 418. The monoisotopic (exact) mass is 236 g/mol. The van der Waals surface area contributed by atoms with E-state index in [4.69, 9.17) is 10.8 Å². The van der Waals surface area contributed by atoms with Crippen molar-refractivity contribution in [1.82, 2.24) is 4.90 Å². The van der Waals surface area contributed by atoms with Crippen LogP contribution in [0.25, 0.3) is 0 Å². The zero-order chi connectivity index (χ0) is 12.8. The molecule has 0 fully saturated rings. The molecule has 1 aromatic rings. The number of likely N-dealkylation sites (N-methyl/N-ethyl adjacent to an activating group) is 1. The number of carboxylic acids is 1. The van der Waals surface area contributed by atoms with Crippen LogP contribution < -0.4 is 5.73 Å². The molecule has 0 unspecified atom stereocenters. The third-order valence-electron chi connectivity index (χ3n) is 2.56. The van der Waals surface area contributed by atoms with Gasteiger partial charge in [-0.05, 0) is 18.1 Å². The highest BCUT2D eigenvalue weighted by Gasteiger charge is 2.11. The van der Waals surface area contributed by atoms with Crippen LogP contribution in [0, 0.1) is 0 Å². The Labute approximate surface area is 99.8 Å². The smallest absolute Gasteiger partial charge is 0.335 e. The van der Waals surface area contributed by atoms with Gasteiger partial charge in [0, 0.05) is 13.6 Å². The fraction of sp³-hybridized carbons (Fsp3) is 0.333. The number of aromatic carboxylic acids is 1. The summed E-state index contributed by atoms with van der Waals surface area (Å²) in [6.07, 6.45) is 0.505. The first-order valence-corrected chi connectivity index (χ1v) is 5.31. The molecule has 0 aliphatic rings. The van der Waals surface area contributed by atoms with Crippen molar-refractivity contribution in [3.05, 3.63) is 35.4 Å². The Balaban J connectivity index is 2.69. The molecule has 0 atom stereocenters. The number of carbonyl (C=O) groups is 2. The second-order valence-corrected chi connectivity index (χ2v) is 3.73. The van der Waals surface area contributed by atoms with Gasteiger partial charge in [0.1, 0.15) is 0 Å². The Morgan fingerprint density at radius 3 is 2.59 bits per heavy atom. The van der Waals surface area contributed by atoms with Crippen LogP contribution in [0.4, 0.5) is 0 Å². The van der Waals surface area contributed by atoms with Gasteiger partial charge in [-0.2, -0.15) is 0 Å². The first kappa shape index (κ1) is 13.2. The number of amides is 1. The third kappa shape index (κ3) is 3.57. The van der Waals surface area contributed by atoms with E-state index in [2.05, 4.69) is 0 Å². The van der Waals surface area contributed by atoms with Crippen LogP contribution in [0.1, 0.15) is 15.9 Å². The molecule has 0 heterocycles. The lowest BCUT2D eigenvalue weighted by Crippen LogP contribution is -2.34. The van der Waals surface area contributed by atoms with Crippen molar-refractivity contribution in [3.8, 4) is 0 Å². The Morgan fingerprint density at radius 1 is 1.35 bits per heavy atom. The summed E-state index contributed by atoms with van der Waals surface area (Å²) in [5.74, 6) is -1.11. The maximum absolute atomic E-state index is 11.2. The minimum absolute atomic E-state index is 0.0307. The number of hydrogen-bond donors (Lipinski definition) is 2. The molecule has 3 N–H and O–H groups in total. The number of carboxylic acid groups (broad SMARTS) is 1. The van der Waals surface area contributed by atoms with Crippen LogP contribution in [0.3, 0.4) is 0 Å². The molecular formula is C12H16N2O3. The molecule has 0 saturated heterocycles. The van der Waals surface area contributed by atoms with Crippen LogP contribution >= 0.6 is 0 Å². The third-order valence-corrected chi connectivity index (χ3v) is 2.56. The molecule has 17 heavy (non-hydrogen) atoms. The number of nitrogens with zero attached hydrogens (tertiary/aromatic N) is 1. The van der Waals surface area contributed by atoms with E-state index in [0.29, 0.717) is 13.0 Å². The topological polar surface area (TPSA) is 83.6 Å². The minimum atomic E-state index is -0.951. The summed E-state index contributed by atoms with van der Waals surface area (Å²) in [5.41, 5.74) is 6.23. The number of nitrogens with two attached hydrogens (primary N) is 1. The van der Waals surface area contributed by atoms with E-state index >= 15 is 0 Å². The largest absolute Gasteiger partial charge is 0.478 e. The van der Waals surface area contributed by atoms with E-state index < -0.39 is 5.97 Å². The predicted octanol–water partition coefficient (Wildman–Crippen LogP) is 0.344. The summed E-state index contributed by atoms with van der Waals surface area (Å²) in [5, 5.41) is 8.99. The number of carbonyl (C=O) groups excluding carboxylic acids is 1. The van der Waals surface area contributed by atoms with Crippen LogP contribution in [-0.2, 0) is 11.2 Å². The second kappa shape index (κ2) is 6.00. The van der Waals surface area contributed by atoms with Crippen LogP contribution in [0.5, 0.6) is 0 Å². The Morgan fingerprint density at radius 2 is 2.00 bits per heavy atom. The van der Waals surface area contributed by atoms with Gasteiger partial charge in [-0.3, -0.25) is 4.79 Å². The standard InChI is InChI=1S/C12H16N2O3/c1-14(11(15)8-13)7-6-9-4-2-3-5-10(9)12(16)17/h2-5H,6-8,13H2,1H3,(H,16,17). The van der Waals surface area contributed by atoms with Crippen molar-refractivity contribution >= 4 is 11.9 Å². The zero-order valence-corrected chi connectivity index (χ0v) is 9.72. The van der Waals surface area contributed by atoms with E-state index in [1.807, 2.05) is 0 Å². The molecule has 0 bridgehead atoms. The summed E-state index contributed by atoms with van der Waals surface area (Å²) >= 11 is 0. The summed E-state index contributed by atoms with van der Waals surface area (Å²) in [6.45, 7) is 0.428.